The Morgan fingerprint density at radius 1 is 1.10 bits per heavy atom. The summed E-state index contributed by atoms with van der Waals surface area (Å²) in [7, 11) is -0.598. The van der Waals surface area contributed by atoms with Crippen LogP contribution in [0.4, 0.5) is 24.0 Å². The van der Waals surface area contributed by atoms with Crippen LogP contribution in [-0.2, 0) is 27.5 Å². The molecule has 4 rings (SSSR count). The minimum absolute atomic E-state index is 0.0296. The van der Waals surface area contributed by atoms with Gasteiger partial charge >= 0.3 is 12.1 Å². The fourth-order valence-electron chi connectivity index (χ4n) is 4.33. The zero-order valence-corrected chi connectivity index (χ0v) is 24.0. The maximum atomic E-state index is 13.6. The quantitative estimate of drug-likeness (QED) is 0.397. The highest BCUT2D eigenvalue weighted by molar-refractivity contribution is 7.89. The zero-order chi connectivity index (χ0) is 30.1. The summed E-state index contributed by atoms with van der Waals surface area (Å²) in [5, 5.41) is 12.5. The molecule has 1 amide bonds. The number of aryl methyl sites for hydroxylation is 1. The Balaban J connectivity index is 1.61. The van der Waals surface area contributed by atoms with Gasteiger partial charge in [-0.05, 0) is 48.9 Å². The van der Waals surface area contributed by atoms with Gasteiger partial charge in [0.1, 0.15) is 10.9 Å². The number of halogens is 3. The Hall–Kier alpha value is -3.69. The number of carbonyl (C=O) groups excluding carboxylic acids is 1. The summed E-state index contributed by atoms with van der Waals surface area (Å²) in [6.45, 7) is 1.41. The van der Waals surface area contributed by atoms with Crippen LogP contribution in [0, 0.1) is 6.92 Å². The van der Waals surface area contributed by atoms with E-state index in [4.69, 9.17) is 0 Å². The number of rotatable bonds is 8. The number of thiazole rings is 1. The van der Waals surface area contributed by atoms with Crippen molar-refractivity contribution in [3.8, 4) is 0 Å². The van der Waals surface area contributed by atoms with Gasteiger partial charge in [0.2, 0.25) is 15.9 Å². The summed E-state index contributed by atoms with van der Waals surface area (Å²) in [6, 6.07) is 9.23. The van der Waals surface area contributed by atoms with Gasteiger partial charge in [0.05, 0.1) is 16.2 Å². The second kappa shape index (κ2) is 11.7. The van der Waals surface area contributed by atoms with Crippen molar-refractivity contribution in [3.63, 3.8) is 0 Å². The molecule has 0 radical (unpaired) electrons. The van der Waals surface area contributed by atoms with Crippen LogP contribution >= 0.6 is 11.3 Å². The molecule has 1 fully saturated rings. The number of carboxylic acid groups (broad SMARTS) is 1. The van der Waals surface area contributed by atoms with E-state index in [2.05, 4.69) is 10.3 Å². The molecular weight excluding hydrogens is 583 g/mol. The van der Waals surface area contributed by atoms with Gasteiger partial charge in [-0.3, -0.25) is 4.79 Å². The monoisotopic (exact) mass is 611 g/mol. The molecule has 41 heavy (non-hydrogen) atoms. The van der Waals surface area contributed by atoms with Gasteiger partial charge in [0.15, 0.2) is 5.13 Å². The molecule has 1 aromatic heterocycles. The van der Waals surface area contributed by atoms with Crippen molar-refractivity contribution < 1.29 is 36.3 Å². The van der Waals surface area contributed by atoms with E-state index in [1.165, 1.54) is 0 Å². The SMILES string of the molecule is Cc1nc(N2CCN(S(=O)(=O)c3ccc(C(F)(F)F)cc3)C(C(=O)NCc3ccc(N(C)C)cc3)C2)sc1C(=O)O. The van der Waals surface area contributed by atoms with Crippen molar-refractivity contribution in [2.75, 3.05) is 43.5 Å². The third kappa shape index (κ3) is 6.63. The van der Waals surface area contributed by atoms with Crippen LogP contribution in [0.1, 0.15) is 26.5 Å². The van der Waals surface area contributed by atoms with E-state index in [-0.39, 0.29) is 36.0 Å². The second-order valence-electron chi connectivity index (χ2n) is 9.59. The molecule has 2 heterocycles. The number of aromatic carboxylic acids is 1. The smallest absolute Gasteiger partial charge is 0.416 e. The molecule has 0 bridgehead atoms. The molecule has 1 atom stereocenters. The van der Waals surface area contributed by atoms with E-state index in [0.29, 0.717) is 23.0 Å². The molecule has 2 aromatic carbocycles. The first kappa shape index (κ1) is 30.3. The fraction of sp³-hybridized carbons (Fsp3) is 0.346. The van der Waals surface area contributed by atoms with Gasteiger partial charge in [-0.2, -0.15) is 17.5 Å². The maximum Gasteiger partial charge on any atom is 0.416 e. The number of benzene rings is 2. The number of piperazine rings is 1. The molecule has 15 heteroatoms. The van der Waals surface area contributed by atoms with Crippen LogP contribution < -0.4 is 15.1 Å². The normalized spacial score (nSPS) is 16.4. The number of aromatic nitrogens is 1. The minimum atomic E-state index is -4.64. The molecule has 1 saturated heterocycles. The molecule has 2 N–H and O–H groups in total. The summed E-state index contributed by atoms with van der Waals surface area (Å²) < 4.78 is 67.3. The summed E-state index contributed by atoms with van der Waals surface area (Å²) in [5.41, 5.74) is 1.02. The molecule has 3 aromatic rings. The van der Waals surface area contributed by atoms with E-state index in [1.807, 2.05) is 43.3 Å². The van der Waals surface area contributed by atoms with E-state index in [0.717, 1.165) is 39.0 Å². The number of carbonyl (C=O) groups is 2. The molecule has 10 nitrogen and oxygen atoms in total. The molecule has 1 aliphatic rings. The lowest BCUT2D eigenvalue weighted by Gasteiger charge is -2.39. The van der Waals surface area contributed by atoms with Crippen molar-refractivity contribution in [2.45, 2.75) is 30.6 Å². The standard InChI is InChI=1S/C26H28F3N5O5S2/c1-16-22(24(36)37)40-25(31-16)33-12-13-34(41(38,39)20-10-6-18(7-11-20)26(27,28)29)21(15-33)23(35)30-14-17-4-8-19(9-5-17)32(2)3/h4-11,21H,12-15H2,1-3H3,(H,30,35)(H,36,37). The molecule has 1 aliphatic heterocycles. The number of amides is 1. The Bertz CT molecular complexity index is 1520. The molecule has 0 spiro atoms. The van der Waals surface area contributed by atoms with Crippen LogP contribution in [-0.4, -0.2) is 74.5 Å². The van der Waals surface area contributed by atoms with Crippen molar-refractivity contribution in [1.82, 2.24) is 14.6 Å². The Labute approximate surface area is 239 Å². The summed E-state index contributed by atoms with van der Waals surface area (Å²) in [5.74, 6) is -1.77. The van der Waals surface area contributed by atoms with Crippen molar-refractivity contribution in [1.29, 1.82) is 0 Å². The number of anilines is 2. The molecule has 0 aliphatic carbocycles. The summed E-state index contributed by atoms with van der Waals surface area (Å²) >= 11 is 0.916. The Morgan fingerprint density at radius 2 is 1.73 bits per heavy atom. The third-order valence-electron chi connectivity index (χ3n) is 6.59. The first-order valence-electron chi connectivity index (χ1n) is 12.4. The van der Waals surface area contributed by atoms with E-state index in [1.54, 1.807) is 11.8 Å². The zero-order valence-electron chi connectivity index (χ0n) is 22.3. The summed E-state index contributed by atoms with van der Waals surface area (Å²) in [6.07, 6.45) is -4.64. The van der Waals surface area contributed by atoms with Gasteiger partial charge < -0.3 is 20.2 Å². The number of nitrogens with zero attached hydrogens (tertiary/aromatic N) is 4. The van der Waals surface area contributed by atoms with Gasteiger partial charge in [-0.25, -0.2) is 18.2 Å². The maximum absolute atomic E-state index is 13.6. The summed E-state index contributed by atoms with van der Waals surface area (Å²) in [4.78, 5) is 32.5. The van der Waals surface area contributed by atoms with E-state index >= 15 is 0 Å². The number of sulfonamides is 1. The molecule has 220 valence electrons. The molecular formula is C26H28F3N5O5S2. The van der Waals surface area contributed by atoms with E-state index in [9.17, 15) is 36.3 Å². The van der Waals surface area contributed by atoms with Crippen molar-refractivity contribution in [2.24, 2.45) is 0 Å². The largest absolute Gasteiger partial charge is 0.477 e. The van der Waals surface area contributed by atoms with E-state index < -0.39 is 39.7 Å². The van der Waals surface area contributed by atoms with Gasteiger partial charge in [0, 0.05) is 46.0 Å². The van der Waals surface area contributed by atoms with Crippen LogP contribution in [0.25, 0.3) is 0 Å². The highest BCUT2D eigenvalue weighted by Gasteiger charge is 2.41. The Morgan fingerprint density at radius 3 is 2.27 bits per heavy atom. The van der Waals surface area contributed by atoms with Gasteiger partial charge in [-0.1, -0.05) is 23.5 Å². The van der Waals surface area contributed by atoms with Crippen LogP contribution in [0.5, 0.6) is 0 Å². The number of alkyl halides is 3. The predicted molar refractivity (Wildman–Crippen MR) is 148 cm³/mol. The van der Waals surface area contributed by atoms with Crippen molar-refractivity contribution in [3.05, 3.63) is 70.2 Å². The molecule has 1 unspecified atom stereocenters. The predicted octanol–water partition coefficient (Wildman–Crippen LogP) is 3.43. The van der Waals surface area contributed by atoms with Gasteiger partial charge in [-0.15, -0.1) is 0 Å². The van der Waals surface area contributed by atoms with Crippen LogP contribution in [0.2, 0.25) is 0 Å². The number of hydrogen-bond donors (Lipinski definition) is 2. The third-order valence-corrected chi connectivity index (χ3v) is 9.72. The van der Waals surface area contributed by atoms with Crippen LogP contribution in [0.15, 0.2) is 53.4 Å². The highest BCUT2D eigenvalue weighted by Crippen LogP contribution is 2.32. The topological polar surface area (TPSA) is 123 Å². The molecule has 0 saturated carbocycles. The lowest BCUT2D eigenvalue weighted by atomic mass is 10.1. The number of carboxylic acids is 1. The van der Waals surface area contributed by atoms with Crippen molar-refractivity contribution >= 4 is 44.1 Å². The van der Waals surface area contributed by atoms with Gasteiger partial charge in [0.25, 0.3) is 0 Å². The first-order valence-corrected chi connectivity index (χ1v) is 14.6. The minimum Gasteiger partial charge on any atom is -0.477 e. The fourth-order valence-corrected chi connectivity index (χ4v) is 6.84. The lowest BCUT2D eigenvalue weighted by molar-refractivity contribution is -0.137. The number of nitrogens with one attached hydrogen (secondary N) is 1. The lowest BCUT2D eigenvalue weighted by Crippen LogP contribution is -2.60. The average molecular weight is 612 g/mol. The average Bonchev–Trinajstić information content (AvgIpc) is 3.33. The first-order chi connectivity index (χ1) is 19.2. The highest BCUT2D eigenvalue weighted by atomic mass is 32.2. The second-order valence-corrected chi connectivity index (χ2v) is 12.5. The number of hydrogen-bond acceptors (Lipinski definition) is 8. The van der Waals surface area contributed by atoms with Crippen LogP contribution in [0.3, 0.4) is 0 Å². The Kier molecular flexibility index (Phi) is 8.61.